The van der Waals surface area contributed by atoms with Crippen LogP contribution in [0.3, 0.4) is 0 Å². The Balaban J connectivity index is 2.53. The lowest BCUT2D eigenvalue weighted by molar-refractivity contribution is 0.103. The van der Waals surface area contributed by atoms with Crippen molar-refractivity contribution in [2.24, 2.45) is 0 Å². The summed E-state index contributed by atoms with van der Waals surface area (Å²) in [7, 11) is 0. The molecular weight excluding hydrogens is 234 g/mol. The Bertz CT molecular complexity index is 657. The first-order valence-electron chi connectivity index (χ1n) is 6.39. The van der Waals surface area contributed by atoms with Gasteiger partial charge in [0.05, 0.1) is 0 Å². The average Bonchev–Trinajstić information content (AvgIpc) is 2.33. The van der Waals surface area contributed by atoms with Crippen molar-refractivity contribution in [3.63, 3.8) is 0 Å². The molecule has 0 unspecified atom stereocenters. The van der Waals surface area contributed by atoms with Crippen molar-refractivity contribution in [2.75, 3.05) is 5.73 Å². The van der Waals surface area contributed by atoms with Crippen LogP contribution in [0.25, 0.3) is 0 Å². The first-order chi connectivity index (χ1) is 8.90. The van der Waals surface area contributed by atoms with Gasteiger partial charge in [0, 0.05) is 16.8 Å². The predicted octanol–water partition coefficient (Wildman–Crippen LogP) is 3.73. The fraction of sp³-hybridized carbons (Fsp3) is 0.235. The third kappa shape index (κ3) is 2.53. The molecule has 0 aliphatic heterocycles. The minimum absolute atomic E-state index is 0.0677. The molecule has 98 valence electrons. The van der Waals surface area contributed by atoms with E-state index in [0.717, 1.165) is 27.8 Å². The van der Waals surface area contributed by atoms with Crippen LogP contribution in [-0.4, -0.2) is 5.78 Å². The summed E-state index contributed by atoms with van der Waals surface area (Å²) in [4.78, 5) is 12.6. The molecule has 0 spiro atoms. The van der Waals surface area contributed by atoms with Crippen molar-refractivity contribution < 1.29 is 4.79 Å². The number of carbonyl (C=O) groups is 1. The summed E-state index contributed by atoms with van der Waals surface area (Å²) in [6.45, 7) is 7.98. The van der Waals surface area contributed by atoms with Gasteiger partial charge in [-0.3, -0.25) is 4.79 Å². The molecule has 2 nitrogen and oxygen atoms in total. The lowest BCUT2D eigenvalue weighted by Gasteiger charge is -2.11. The van der Waals surface area contributed by atoms with Gasteiger partial charge in [-0.15, -0.1) is 0 Å². The summed E-state index contributed by atoms with van der Waals surface area (Å²) in [5.74, 6) is 0.0677. The third-order valence-electron chi connectivity index (χ3n) is 3.58. The lowest BCUT2D eigenvalue weighted by Crippen LogP contribution is -2.07. The number of ketones is 1. The average molecular weight is 253 g/mol. The van der Waals surface area contributed by atoms with Crippen LogP contribution in [0.15, 0.2) is 30.3 Å². The maximum Gasteiger partial charge on any atom is 0.193 e. The van der Waals surface area contributed by atoms with E-state index in [1.807, 2.05) is 39.0 Å². The molecule has 0 saturated heterocycles. The number of benzene rings is 2. The van der Waals surface area contributed by atoms with Gasteiger partial charge in [-0.1, -0.05) is 6.07 Å². The van der Waals surface area contributed by atoms with Gasteiger partial charge in [0.15, 0.2) is 5.78 Å². The Hall–Kier alpha value is -2.09. The minimum atomic E-state index is 0.0677. The number of hydrogen-bond donors (Lipinski definition) is 1. The highest BCUT2D eigenvalue weighted by Crippen LogP contribution is 2.21. The van der Waals surface area contributed by atoms with E-state index in [1.54, 1.807) is 6.07 Å². The van der Waals surface area contributed by atoms with Gasteiger partial charge in [0.2, 0.25) is 0 Å². The topological polar surface area (TPSA) is 43.1 Å². The van der Waals surface area contributed by atoms with Crippen molar-refractivity contribution in [3.05, 3.63) is 63.7 Å². The summed E-state index contributed by atoms with van der Waals surface area (Å²) in [5, 5.41) is 0. The first-order valence-corrected chi connectivity index (χ1v) is 6.39. The van der Waals surface area contributed by atoms with Crippen LogP contribution in [-0.2, 0) is 0 Å². The van der Waals surface area contributed by atoms with Crippen LogP contribution in [0, 0.1) is 27.7 Å². The van der Waals surface area contributed by atoms with Crippen LogP contribution in [0.5, 0.6) is 0 Å². The molecule has 0 aromatic heterocycles. The molecule has 2 N–H and O–H groups in total. The lowest BCUT2D eigenvalue weighted by atomic mass is 9.93. The van der Waals surface area contributed by atoms with E-state index in [-0.39, 0.29) is 5.78 Å². The van der Waals surface area contributed by atoms with Crippen molar-refractivity contribution in [2.45, 2.75) is 27.7 Å². The minimum Gasteiger partial charge on any atom is -0.399 e. The van der Waals surface area contributed by atoms with Crippen LogP contribution in [0.1, 0.15) is 38.2 Å². The number of nitrogens with two attached hydrogens (primary N) is 1. The van der Waals surface area contributed by atoms with Crippen molar-refractivity contribution in [3.8, 4) is 0 Å². The Kier molecular flexibility index (Phi) is 3.43. The van der Waals surface area contributed by atoms with Gasteiger partial charge in [-0.05, 0) is 74.2 Å². The molecule has 0 aliphatic carbocycles. The van der Waals surface area contributed by atoms with E-state index in [4.69, 9.17) is 5.73 Å². The monoisotopic (exact) mass is 253 g/mol. The molecule has 0 fully saturated rings. The summed E-state index contributed by atoms with van der Waals surface area (Å²) in [6, 6.07) is 9.46. The summed E-state index contributed by atoms with van der Waals surface area (Å²) in [5.41, 5.74) is 12.2. The number of rotatable bonds is 2. The molecule has 0 heterocycles. The van der Waals surface area contributed by atoms with Crippen LogP contribution >= 0.6 is 0 Å². The van der Waals surface area contributed by atoms with Crippen LogP contribution in [0.2, 0.25) is 0 Å². The van der Waals surface area contributed by atoms with Gasteiger partial charge < -0.3 is 5.73 Å². The quantitative estimate of drug-likeness (QED) is 0.654. The van der Waals surface area contributed by atoms with Gasteiger partial charge in [-0.2, -0.15) is 0 Å². The second-order valence-electron chi connectivity index (χ2n) is 5.15. The largest absolute Gasteiger partial charge is 0.399 e. The van der Waals surface area contributed by atoms with Crippen LogP contribution < -0.4 is 5.73 Å². The molecule has 19 heavy (non-hydrogen) atoms. The predicted molar refractivity (Wildman–Crippen MR) is 79.7 cm³/mol. The Morgan fingerprint density at radius 3 is 2.00 bits per heavy atom. The standard InChI is InChI=1S/C17H19NO/c1-10-7-12(3)16(9-11(10)2)17(19)15-6-5-14(18)8-13(15)4/h5-9H,18H2,1-4H3. The fourth-order valence-electron chi connectivity index (χ4n) is 2.29. The number of carbonyl (C=O) groups excluding carboxylic acids is 1. The summed E-state index contributed by atoms with van der Waals surface area (Å²) < 4.78 is 0. The Morgan fingerprint density at radius 2 is 1.37 bits per heavy atom. The third-order valence-corrected chi connectivity index (χ3v) is 3.58. The summed E-state index contributed by atoms with van der Waals surface area (Å²) >= 11 is 0. The zero-order valence-electron chi connectivity index (χ0n) is 11.9. The normalized spacial score (nSPS) is 10.5. The van der Waals surface area contributed by atoms with E-state index >= 15 is 0 Å². The van der Waals surface area contributed by atoms with E-state index < -0.39 is 0 Å². The highest BCUT2D eigenvalue weighted by atomic mass is 16.1. The molecule has 2 heteroatoms. The van der Waals surface area contributed by atoms with Gasteiger partial charge in [-0.25, -0.2) is 0 Å². The highest BCUT2D eigenvalue weighted by molar-refractivity contribution is 6.11. The van der Waals surface area contributed by atoms with E-state index in [0.29, 0.717) is 5.69 Å². The number of nitrogen functional groups attached to an aromatic ring is 1. The van der Waals surface area contributed by atoms with Crippen molar-refractivity contribution in [1.29, 1.82) is 0 Å². The molecule has 2 rings (SSSR count). The maximum atomic E-state index is 12.6. The Labute approximate surface area is 114 Å². The molecule has 0 amide bonds. The van der Waals surface area contributed by atoms with E-state index in [2.05, 4.69) is 13.0 Å². The molecule has 0 bridgehead atoms. The summed E-state index contributed by atoms with van der Waals surface area (Å²) in [6.07, 6.45) is 0. The van der Waals surface area contributed by atoms with Crippen molar-refractivity contribution in [1.82, 2.24) is 0 Å². The van der Waals surface area contributed by atoms with Gasteiger partial charge >= 0.3 is 0 Å². The number of hydrogen-bond acceptors (Lipinski definition) is 2. The van der Waals surface area contributed by atoms with E-state index in [1.165, 1.54) is 5.56 Å². The molecular formula is C17H19NO. The van der Waals surface area contributed by atoms with Gasteiger partial charge in [0.1, 0.15) is 0 Å². The fourth-order valence-corrected chi connectivity index (χ4v) is 2.29. The van der Waals surface area contributed by atoms with Crippen molar-refractivity contribution >= 4 is 11.5 Å². The molecule has 0 radical (unpaired) electrons. The molecule has 0 saturated carbocycles. The zero-order valence-corrected chi connectivity index (χ0v) is 11.9. The number of anilines is 1. The highest BCUT2D eigenvalue weighted by Gasteiger charge is 2.15. The first kappa shape index (κ1) is 13.3. The van der Waals surface area contributed by atoms with Gasteiger partial charge in [0.25, 0.3) is 0 Å². The Morgan fingerprint density at radius 1 is 0.789 bits per heavy atom. The molecule has 0 atom stereocenters. The molecule has 0 aliphatic rings. The molecule has 2 aromatic rings. The second kappa shape index (κ2) is 4.88. The number of aryl methyl sites for hydroxylation is 4. The SMILES string of the molecule is Cc1cc(C)c(C(=O)c2ccc(N)cc2C)cc1C. The van der Waals surface area contributed by atoms with Crippen LogP contribution in [0.4, 0.5) is 5.69 Å². The van der Waals surface area contributed by atoms with E-state index in [9.17, 15) is 4.79 Å². The smallest absolute Gasteiger partial charge is 0.193 e. The zero-order chi connectivity index (χ0) is 14.2. The molecule has 2 aromatic carbocycles. The maximum absolute atomic E-state index is 12.6. The second-order valence-corrected chi connectivity index (χ2v) is 5.15.